The van der Waals surface area contributed by atoms with Crippen LogP contribution in [0.3, 0.4) is 0 Å². The van der Waals surface area contributed by atoms with E-state index in [-0.39, 0.29) is 17.7 Å². The molecule has 0 aliphatic carbocycles. The number of nitrogens with zero attached hydrogens (tertiary/aromatic N) is 2. The van der Waals surface area contributed by atoms with Crippen LogP contribution in [0.25, 0.3) is 0 Å². The highest BCUT2D eigenvalue weighted by atomic mass is 19.1. The maximum absolute atomic E-state index is 13.9. The lowest BCUT2D eigenvalue weighted by molar-refractivity contribution is 0.271. The van der Waals surface area contributed by atoms with Crippen LogP contribution in [0.15, 0.2) is 23.4 Å². The van der Waals surface area contributed by atoms with Crippen LogP contribution >= 0.6 is 0 Å². The Kier molecular flexibility index (Phi) is 4.21. The maximum atomic E-state index is 13.9. The van der Waals surface area contributed by atoms with Gasteiger partial charge in [0.05, 0.1) is 13.2 Å². The van der Waals surface area contributed by atoms with Gasteiger partial charge in [-0.25, -0.2) is 4.39 Å². The third-order valence-electron chi connectivity index (χ3n) is 3.45. The Hall–Kier alpha value is -1.82. The zero-order valence-electron chi connectivity index (χ0n) is 10.8. The van der Waals surface area contributed by atoms with Crippen molar-refractivity contribution in [3.05, 3.63) is 29.6 Å². The third kappa shape index (κ3) is 2.96. The van der Waals surface area contributed by atoms with Gasteiger partial charge in [0.1, 0.15) is 11.6 Å². The van der Waals surface area contributed by atoms with E-state index in [1.807, 2.05) is 4.90 Å². The van der Waals surface area contributed by atoms with Crippen molar-refractivity contribution in [2.45, 2.75) is 25.4 Å². The minimum Gasteiger partial charge on any atom is -0.497 e. The van der Waals surface area contributed by atoms with Crippen LogP contribution < -0.4 is 10.5 Å². The van der Waals surface area contributed by atoms with E-state index in [2.05, 4.69) is 5.16 Å². The van der Waals surface area contributed by atoms with Gasteiger partial charge >= 0.3 is 0 Å². The molecule has 5 nitrogen and oxygen atoms in total. The second kappa shape index (κ2) is 5.88. The van der Waals surface area contributed by atoms with Crippen LogP contribution in [0, 0.1) is 5.82 Å². The minimum atomic E-state index is -0.301. The number of likely N-dealkylation sites (tertiary alicyclic amines) is 1. The van der Waals surface area contributed by atoms with Gasteiger partial charge in [0.15, 0.2) is 5.84 Å². The van der Waals surface area contributed by atoms with Crippen molar-refractivity contribution in [2.75, 3.05) is 13.7 Å². The first-order chi connectivity index (χ1) is 9.15. The molecule has 1 saturated heterocycles. The van der Waals surface area contributed by atoms with E-state index in [4.69, 9.17) is 15.7 Å². The first-order valence-corrected chi connectivity index (χ1v) is 6.19. The van der Waals surface area contributed by atoms with Crippen molar-refractivity contribution in [1.29, 1.82) is 0 Å². The second-order valence-corrected chi connectivity index (χ2v) is 4.61. The van der Waals surface area contributed by atoms with Crippen LogP contribution in [0.4, 0.5) is 4.39 Å². The number of hydrogen-bond donors (Lipinski definition) is 2. The highest BCUT2D eigenvalue weighted by Crippen LogP contribution is 2.23. The SMILES string of the molecule is COc1ccc(CN2CCCC2/C(N)=N/O)c(F)c1. The zero-order valence-corrected chi connectivity index (χ0v) is 10.8. The van der Waals surface area contributed by atoms with Gasteiger partial charge in [0, 0.05) is 18.2 Å². The Morgan fingerprint density at radius 1 is 1.63 bits per heavy atom. The number of nitrogens with two attached hydrogens (primary N) is 1. The summed E-state index contributed by atoms with van der Waals surface area (Å²) in [6.07, 6.45) is 1.78. The summed E-state index contributed by atoms with van der Waals surface area (Å²) >= 11 is 0. The van der Waals surface area contributed by atoms with E-state index in [0.29, 0.717) is 17.9 Å². The van der Waals surface area contributed by atoms with Crippen LogP contribution in [0.2, 0.25) is 0 Å². The Balaban J connectivity index is 2.12. The van der Waals surface area contributed by atoms with E-state index in [1.165, 1.54) is 13.2 Å². The maximum Gasteiger partial charge on any atom is 0.156 e. The van der Waals surface area contributed by atoms with Gasteiger partial charge in [0.2, 0.25) is 0 Å². The predicted molar refractivity (Wildman–Crippen MR) is 69.8 cm³/mol. The molecule has 6 heteroatoms. The molecule has 1 aromatic carbocycles. The summed E-state index contributed by atoms with van der Waals surface area (Å²) in [6.45, 7) is 1.25. The van der Waals surface area contributed by atoms with Gasteiger partial charge in [-0.05, 0) is 25.5 Å². The van der Waals surface area contributed by atoms with Crippen LogP contribution in [0.1, 0.15) is 18.4 Å². The summed E-state index contributed by atoms with van der Waals surface area (Å²) in [5.41, 5.74) is 6.23. The van der Waals surface area contributed by atoms with Gasteiger partial charge in [-0.15, -0.1) is 0 Å². The van der Waals surface area contributed by atoms with E-state index in [0.717, 1.165) is 19.4 Å². The van der Waals surface area contributed by atoms with Gasteiger partial charge < -0.3 is 15.7 Å². The fourth-order valence-corrected chi connectivity index (χ4v) is 2.42. The molecule has 1 heterocycles. The fraction of sp³-hybridized carbons (Fsp3) is 0.462. The summed E-state index contributed by atoms with van der Waals surface area (Å²) in [5.74, 6) is 0.381. The lowest BCUT2D eigenvalue weighted by atomic mass is 10.1. The van der Waals surface area contributed by atoms with E-state index in [1.54, 1.807) is 12.1 Å². The van der Waals surface area contributed by atoms with Crippen molar-refractivity contribution in [3.8, 4) is 5.75 Å². The quantitative estimate of drug-likeness (QED) is 0.376. The van der Waals surface area contributed by atoms with Gasteiger partial charge in [0.25, 0.3) is 0 Å². The summed E-state index contributed by atoms with van der Waals surface area (Å²) in [6, 6.07) is 4.68. The van der Waals surface area contributed by atoms with Gasteiger partial charge in [-0.1, -0.05) is 11.2 Å². The smallest absolute Gasteiger partial charge is 0.156 e. The average Bonchev–Trinajstić information content (AvgIpc) is 2.88. The fourth-order valence-electron chi connectivity index (χ4n) is 2.42. The molecule has 0 bridgehead atoms. The molecule has 1 aromatic rings. The average molecular weight is 267 g/mol. The summed E-state index contributed by atoms with van der Waals surface area (Å²) in [4.78, 5) is 2.01. The predicted octanol–water partition coefficient (Wildman–Crippen LogP) is 1.55. The summed E-state index contributed by atoms with van der Waals surface area (Å²) < 4.78 is 18.9. The largest absolute Gasteiger partial charge is 0.497 e. The Morgan fingerprint density at radius 3 is 3.05 bits per heavy atom. The molecule has 1 fully saturated rings. The molecule has 0 radical (unpaired) electrons. The van der Waals surface area contributed by atoms with E-state index in [9.17, 15) is 4.39 Å². The van der Waals surface area contributed by atoms with Crippen LogP contribution in [0.5, 0.6) is 5.75 Å². The summed E-state index contributed by atoms with van der Waals surface area (Å²) in [5, 5.41) is 11.8. The van der Waals surface area contributed by atoms with Crippen LogP contribution in [-0.4, -0.2) is 35.6 Å². The molecule has 3 N–H and O–H groups in total. The van der Waals surface area contributed by atoms with Crippen molar-refractivity contribution >= 4 is 5.84 Å². The topological polar surface area (TPSA) is 71.1 Å². The van der Waals surface area contributed by atoms with Crippen molar-refractivity contribution < 1.29 is 14.3 Å². The molecule has 2 rings (SSSR count). The number of halogens is 1. The first-order valence-electron chi connectivity index (χ1n) is 6.19. The zero-order chi connectivity index (χ0) is 13.8. The number of oxime groups is 1. The number of amidine groups is 1. The number of hydrogen-bond acceptors (Lipinski definition) is 4. The van der Waals surface area contributed by atoms with Gasteiger partial charge in [-0.2, -0.15) is 0 Å². The van der Waals surface area contributed by atoms with Crippen LogP contribution in [-0.2, 0) is 6.54 Å². The van der Waals surface area contributed by atoms with Crippen molar-refractivity contribution in [2.24, 2.45) is 10.9 Å². The molecule has 1 unspecified atom stereocenters. The molecule has 104 valence electrons. The van der Waals surface area contributed by atoms with Gasteiger partial charge in [-0.3, -0.25) is 4.90 Å². The monoisotopic (exact) mass is 267 g/mol. The lowest BCUT2D eigenvalue weighted by Gasteiger charge is -2.23. The molecule has 0 aromatic heterocycles. The number of rotatable bonds is 4. The Labute approximate surface area is 111 Å². The standard InChI is InChI=1S/C13H18FN3O2/c1-19-10-5-4-9(11(14)7-10)8-17-6-2-3-12(17)13(15)16-18/h4-5,7,12,18H,2-3,6,8H2,1H3,(H2,15,16). The second-order valence-electron chi connectivity index (χ2n) is 4.61. The molecule has 19 heavy (non-hydrogen) atoms. The minimum absolute atomic E-state index is 0.119. The number of ether oxygens (including phenoxy) is 1. The van der Waals surface area contributed by atoms with Crippen molar-refractivity contribution in [1.82, 2.24) is 4.90 Å². The van der Waals surface area contributed by atoms with E-state index >= 15 is 0 Å². The first kappa shape index (κ1) is 13.6. The molecular formula is C13H18FN3O2. The highest BCUT2D eigenvalue weighted by Gasteiger charge is 2.28. The van der Waals surface area contributed by atoms with Crippen molar-refractivity contribution in [3.63, 3.8) is 0 Å². The summed E-state index contributed by atoms with van der Waals surface area (Å²) in [7, 11) is 1.50. The number of benzene rings is 1. The lowest BCUT2D eigenvalue weighted by Crippen LogP contribution is -2.40. The normalized spacial score (nSPS) is 20.7. The molecule has 0 saturated carbocycles. The number of methoxy groups -OCH3 is 1. The third-order valence-corrected chi connectivity index (χ3v) is 3.45. The highest BCUT2D eigenvalue weighted by molar-refractivity contribution is 5.85. The molecule has 1 aliphatic heterocycles. The Bertz CT molecular complexity index is 479. The molecular weight excluding hydrogens is 249 g/mol. The molecule has 0 spiro atoms. The molecule has 1 aliphatic rings. The molecule has 1 atom stereocenters. The Morgan fingerprint density at radius 2 is 2.42 bits per heavy atom. The van der Waals surface area contributed by atoms with E-state index < -0.39 is 0 Å². The molecule has 0 amide bonds.